The van der Waals surface area contributed by atoms with Gasteiger partial charge in [-0.05, 0) is 31.2 Å². The molecule has 1 saturated heterocycles. The summed E-state index contributed by atoms with van der Waals surface area (Å²) in [5.74, 6) is 0.0279. The number of thiophene rings is 1. The first-order valence-corrected chi connectivity index (χ1v) is 10.5. The van der Waals surface area contributed by atoms with Crippen LogP contribution in [0.1, 0.15) is 41.2 Å². The third-order valence-corrected chi connectivity index (χ3v) is 7.51. The summed E-state index contributed by atoms with van der Waals surface area (Å²) in [6.07, 6.45) is 1.11. The summed E-state index contributed by atoms with van der Waals surface area (Å²) in [7, 11) is -2.55. The number of piperidine rings is 1. The largest absolute Gasteiger partial charge is 0.465 e. The molecule has 2 aromatic rings. The number of nitrogens with zero attached hydrogens (tertiary/aromatic N) is 3. The van der Waals surface area contributed by atoms with Gasteiger partial charge in [-0.15, -0.1) is 11.3 Å². The normalized spacial score (nSPS) is 16.7. The van der Waals surface area contributed by atoms with Crippen molar-refractivity contribution in [3.8, 4) is 0 Å². The van der Waals surface area contributed by atoms with E-state index in [1.165, 1.54) is 17.5 Å². The van der Waals surface area contributed by atoms with Crippen LogP contribution in [0.3, 0.4) is 0 Å². The number of ether oxygens (including phenoxy) is 1. The Morgan fingerprint density at radius 2 is 2.12 bits per heavy atom. The van der Waals surface area contributed by atoms with Gasteiger partial charge in [-0.1, -0.05) is 0 Å². The second kappa shape index (κ2) is 7.33. The van der Waals surface area contributed by atoms with Crippen molar-refractivity contribution in [2.24, 2.45) is 0 Å². The Kier molecular flexibility index (Phi) is 5.30. The van der Waals surface area contributed by atoms with Gasteiger partial charge >= 0.3 is 11.7 Å². The number of aromatic amines is 1. The van der Waals surface area contributed by atoms with Crippen LogP contribution in [0.4, 0.5) is 0 Å². The average molecular weight is 400 g/mol. The molecule has 3 heterocycles. The van der Waals surface area contributed by atoms with E-state index in [0.29, 0.717) is 38.3 Å². The molecule has 1 fully saturated rings. The highest BCUT2D eigenvalue weighted by Crippen LogP contribution is 2.31. The molecular formula is C15H20N4O5S2. The van der Waals surface area contributed by atoms with Crippen molar-refractivity contribution < 1.29 is 17.9 Å². The van der Waals surface area contributed by atoms with Crippen LogP contribution < -0.4 is 5.69 Å². The second-order valence-electron chi connectivity index (χ2n) is 5.92. The molecule has 1 aliphatic rings. The van der Waals surface area contributed by atoms with Crippen molar-refractivity contribution in [3.05, 3.63) is 32.6 Å². The fourth-order valence-electron chi connectivity index (χ4n) is 3.18. The van der Waals surface area contributed by atoms with Crippen LogP contribution in [0.15, 0.2) is 21.1 Å². The van der Waals surface area contributed by atoms with E-state index in [0.717, 1.165) is 11.3 Å². The van der Waals surface area contributed by atoms with Crippen LogP contribution in [0.25, 0.3) is 0 Å². The molecule has 1 N–H and O–H groups in total. The summed E-state index contributed by atoms with van der Waals surface area (Å²) in [5.41, 5.74) is -0.251. The van der Waals surface area contributed by atoms with Crippen molar-refractivity contribution >= 4 is 27.3 Å². The van der Waals surface area contributed by atoms with Crippen molar-refractivity contribution in [3.63, 3.8) is 0 Å². The quantitative estimate of drug-likeness (QED) is 0.749. The first-order valence-electron chi connectivity index (χ1n) is 8.21. The molecule has 0 amide bonds. The lowest BCUT2D eigenvalue weighted by Crippen LogP contribution is -2.39. The predicted octanol–water partition coefficient (Wildman–Crippen LogP) is 1.01. The number of methoxy groups -OCH3 is 1. The Hall–Kier alpha value is -1.98. The molecule has 26 heavy (non-hydrogen) atoms. The summed E-state index contributed by atoms with van der Waals surface area (Å²) in [4.78, 5) is 23.6. The van der Waals surface area contributed by atoms with E-state index >= 15 is 0 Å². The zero-order valence-electron chi connectivity index (χ0n) is 14.5. The van der Waals surface area contributed by atoms with Crippen LogP contribution >= 0.6 is 11.3 Å². The highest BCUT2D eigenvalue weighted by molar-refractivity contribution is 7.89. The third-order valence-electron chi connectivity index (χ3n) is 4.54. The van der Waals surface area contributed by atoms with Crippen LogP contribution in [0.5, 0.6) is 0 Å². The summed E-state index contributed by atoms with van der Waals surface area (Å²) in [6.45, 7) is 2.98. The molecule has 2 aromatic heterocycles. The molecule has 142 valence electrons. The number of H-pyrrole nitrogens is 1. The number of carbonyl (C=O) groups excluding carboxylic acids is 1. The number of hydrogen-bond acceptors (Lipinski definition) is 7. The van der Waals surface area contributed by atoms with Crippen LogP contribution in [0, 0.1) is 0 Å². The number of esters is 1. The molecule has 0 radical (unpaired) electrons. The molecule has 3 rings (SSSR count). The van der Waals surface area contributed by atoms with Crippen LogP contribution in [-0.2, 0) is 21.3 Å². The van der Waals surface area contributed by atoms with Gasteiger partial charge < -0.3 is 4.74 Å². The van der Waals surface area contributed by atoms with Gasteiger partial charge in [0.2, 0.25) is 10.0 Å². The van der Waals surface area contributed by atoms with Gasteiger partial charge in [-0.3, -0.25) is 4.57 Å². The second-order valence-corrected chi connectivity index (χ2v) is 8.74. The lowest BCUT2D eigenvalue weighted by molar-refractivity contribution is 0.0602. The number of nitrogens with one attached hydrogen (secondary N) is 1. The first kappa shape index (κ1) is 18.8. The molecule has 0 spiro atoms. The lowest BCUT2D eigenvalue weighted by atomic mass is 9.97. The zero-order valence-corrected chi connectivity index (χ0v) is 16.1. The van der Waals surface area contributed by atoms with Gasteiger partial charge in [-0.25, -0.2) is 23.1 Å². The van der Waals surface area contributed by atoms with E-state index in [-0.39, 0.29) is 21.4 Å². The molecule has 0 atom stereocenters. The van der Waals surface area contributed by atoms with Gasteiger partial charge in [0.15, 0.2) is 0 Å². The SMILES string of the molecule is CCn1c(C2CCN(S(=O)(=O)c3ccsc3C(=O)OC)CC2)n[nH]c1=O. The monoisotopic (exact) mass is 400 g/mol. The third kappa shape index (κ3) is 3.21. The van der Waals surface area contributed by atoms with Gasteiger partial charge in [-0.2, -0.15) is 9.40 Å². The van der Waals surface area contributed by atoms with Crippen molar-refractivity contribution in [1.29, 1.82) is 0 Å². The minimum Gasteiger partial charge on any atom is -0.465 e. The molecule has 0 aromatic carbocycles. The van der Waals surface area contributed by atoms with Crippen LogP contribution in [-0.4, -0.2) is 53.7 Å². The molecule has 0 unspecified atom stereocenters. The summed E-state index contributed by atoms with van der Waals surface area (Å²) in [5, 5.41) is 8.11. The molecule has 0 saturated carbocycles. The van der Waals surface area contributed by atoms with Gasteiger partial charge in [0, 0.05) is 25.6 Å². The Morgan fingerprint density at radius 1 is 1.42 bits per heavy atom. The van der Waals surface area contributed by atoms with E-state index in [9.17, 15) is 18.0 Å². The number of carbonyl (C=O) groups is 1. The number of hydrogen-bond donors (Lipinski definition) is 1. The summed E-state index contributed by atoms with van der Waals surface area (Å²) in [6, 6.07) is 1.43. The molecule has 11 heteroatoms. The smallest absolute Gasteiger partial charge is 0.349 e. The molecule has 0 bridgehead atoms. The lowest BCUT2D eigenvalue weighted by Gasteiger charge is -2.30. The van der Waals surface area contributed by atoms with E-state index in [2.05, 4.69) is 14.9 Å². The maximum Gasteiger partial charge on any atom is 0.349 e. The number of sulfonamides is 1. The molecule has 9 nitrogen and oxygen atoms in total. The van der Waals surface area contributed by atoms with Gasteiger partial charge in [0.1, 0.15) is 15.6 Å². The Bertz CT molecular complexity index is 951. The Morgan fingerprint density at radius 3 is 2.73 bits per heavy atom. The van der Waals surface area contributed by atoms with Crippen molar-refractivity contribution in [2.75, 3.05) is 20.2 Å². The van der Waals surface area contributed by atoms with E-state index in [1.807, 2.05) is 6.92 Å². The number of rotatable bonds is 5. The van der Waals surface area contributed by atoms with E-state index < -0.39 is 16.0 Å². The van der Waals surface area contributed by atoms with E-state index in [1.54, 1.807) is 9.95 Å². The summed E-state index contributed by atoms with van der Waals surface area (Å²) < 4.78 is 33.4. The first-order chi connectivity index (χ1) is 12.4. The Balaban J connectivity index is 1.78. The average Bonchev–Trinajstić information content (AvgIpc) is 3.28. The minimum absolute atomic E-state index is 0.0157. The molecule has 0 aliphatic carbocycles. The Labute approximate surface area is 154 Å². The molecule has 1 aliphatic heterocycles. The standard InChI is InChI=1S/C15H20N4O5S2/c1-3-19-13(16-17-15(19)21)10-4-7-18(8-5-10)26(22,23)11-6-9-25-12(11)14(20)24-2/h6,9-10H,3-5,7-8H2,1-2H3,(H,17,21). The topological polar surface area (TPSA) is 114 Å². The van der Waals surface area contributed by atoms with Gasteiger partial charge in [0.25, 0.3) is 0 Å². The molecular weight excluding hydrogens is 380 g/mol. The van der Waals surface area contributed by atoms with E-state index in [4.69, 9.17) is 0 Å². The fourth-order valence-corrected chi connectivity index (χ4v) is 5.96. The number of aromatic nitrogens is 3. The highest BCUT2D eigenvalue weighted by Gasteiger charge is 2.34. The minimum atomic E-state index is -3.77. The maximum atomic E-state index is 12.9. The van der Waals surface area contributed by atoms with Crippen molar-refractivity contribution in [2.45, 2.75) is 37.1 Å². The maximum absolute atomic E-state index is 12.9. The fraction of sp³-hybridized carbons (Fsp3) is 0.533. The van der Waals surface area contributed by atoms with Gasteiger partial charge in [0.05, 0.1) is 7.11 Å². The summed E-state index contributed by atoms with van der Waals surface area (Å²) >= 11 is 1.05. The highest BCUT2D eigenvalue weighted by atomic mass is 32.2. The predicted molar refractivity (Wildman–Crippen MR) is 94.9 cm³/mol. The zero-order chi connectivity index (χ0) is 18.9. The van der Waals surface area contributed by atoms with Crippen molar-refractivity contribution in [1.82, 2.24) is 19.1 Å². The van der Waals surface area contributed by atoms with Crippen LogP contribution in [0.2, 0.25) is 0 Å².